The topological polar surface area (TPSA) is 3.24 Å². The third-order valence-electron chi connectivity index (χ3n) is 2.64. The van der Waals surface area contributed by atoms with Crippen molar-refractivity contribution in [1.82, 2.24) is 4.90 Å². The van der Waals surface area contributed by atoms with E-state index in [1.165, 1.54) is 0 Å². The van der Waals surface area contributed by atoms with Crippen LogP contribution in [0.3, 0.4) is 0 Å². The van der Waals surface area contributed by atoms with Gasteiger partial charge in [0.2, 0.25) is 0 Å². The van der Waals surface area contributed by atoms with E-state index < -0.39 is 6.43 Å². The van der Waals surface area contributed by atoms with Crippen LogP contribution in [0.2, 0.25) is 0 Å². The third-order valence-corrected chi connectivity index (χ3v) is 3.15. The van der Waals surface area contributed by atoms with Gasteiger partial charge in [-0.25, -0.2) is 8.78 Å². The van der Waals surface area contributed by atoms with Crippen molar-refractivity contribution >= 4 is 11.6 Å². The zero-order valence-electron chi connectivity index (χ0n) is 7.85. The fraction of sp³-hybridized carbons (Fsp3) is 1.00. The summed E-state index contributed by atoms with van der Waals surface area (Å²) in [6.07, 6.45) is 1.90. The summed E-state index contributed by atoms with van der Waals surface area (Å²) in [6.45, 7) is -0.159. The summed E-state index contributed by atoms with van der Waals surface area (Å²) >= 11 is 6.07. The molecular formula is C9H16ClF2N. The molecule has 0 aromatic rings. The maximum Gasteiger partial charge on any atom is 0.251 e. The molecule has 0 amide bonds. The molecule has 13 heavy (non-hydrogen) atoms. The Morgan fingerprint density at radius 3 is 2.54 bits per heavy atom. The van der Waals surface area contributed by atoms with Gasteiger partial charge in [0.15, 0.2) is 0 Å². The fourth-order valence-corrected chi connectivity index (χ4v) is 2.39. The van der Waals surface area contributed by atoms with Crippen LogP contribution in [0.25, 0.3) is 0 Å². The predicted octanol–water partition coefficient (Wildman–Crippen LogP) is 2.73. The van der Waals surface area contributed by atoms with Crippen LogP contribution in [0.4, 0.5) is 8.78 Å². The maximum absolute atomic E-state index is 12.1. The maximum atomic E-state index is 12.1. The molecule has 0 aromatic heterocycles. The predicted molar refractivity (Wildman–Crippen MR) is 50.5 cm³/mol. The van der Waals surface area contributed by atoms with Crippen molar-refractivity contribution in [2.45, 2.75) is 43.5 Å². The molecule has 2 atom stereocenters. The van der Waals surface area contributed by atoms with Gasteiger partial charge in [-0.15, -0.1) is 11.6 Å². The largest absolute Gasteiger partial charge is 0.296 e. The third kappa shape index (κ3) is 3.39. The van der Waals surface area contributed by atoms with Crippen molar-refractivity contribution < 1.29 is 8.78 Å². The van der Waals surface area contributed by atoms with E-state index in [0.717, 1.165) is 25.7 Å². The molecule has 0 aliphatic heterocycles. The molecule has 1 fully saturated rings. The molecule has 4 heteroatoms. The lowest BCUT2D eigenvalue weighted by molar-refractivity contribution is 0.0719. The van der Waals surface area contributed by atoms with Gasteiger partial charge >= 0.3 is 0 Å². The minimum absolute atomic E-state index is 0.0532. The van der Waals surface area contributed by atoms with Gasteiger partial charge in [-0.05, 0) is 19.9 Å². The Kier molecular flexibility index (Phi) is 4.39. The van der Waals surface area contributed by atoms with Crippen LogP contribution in [0.15, 0.2) is 0 Å². The van der Waals surface area contributed by atoms with Gasteiger partial charge in [0.05, 0.1) is 6.54 Å². The van der Waals surface area contributed by atoms with Crippen molar-refractivity contribution in [1.29, 1.82) is 0 Å². The van der Waals surface area contributed by atoms with Gasteiger partial charge in [-0.3, -0.25) is 4.90 Å². The first-order valence-corrected chi connectivity index (χ1v) is 5.17. The molecule has 0 aromatic carbocycles. The Balaban J connectivity index is 2.39. The fourth-order valence-electron chi connectivity index (χ4n) is 1.92. The average Bonchev–Trinajstić information content (AvgIpc) is 2.03. The number of hydrogen-bond acceptors (Lipinski definition) is 1. The van der Waals surface area contributed by atoms with Crippen molar-refractivity contribution in [3.8, 4) is 0 Å². The lowest BCUT2D eigenvalue weighted by atomic mass is 9.94. The highest BCUT2D eigenvalue weighted by Crippen LogP contribution is 2.26. The van der Waals surface area contributed by atoms with Crippen LogP contribution in [-0.2, 0) is 0 Å². The van der Waals surface area contributed by atoms with Crippen LogP contribution >= 0.6 is 11.6 Å². The second-order valence-electron chi connectivity index (χ2n) is 3.70. The first-order valence-electron chi connectivity index (χ1n) is 4.73. The summed E-state index contributed by atoms with van der Waals surface area (Å²) in [7, 11) is 1.73. The molecule has 1 aliphatic rings. The van der Waals surface area contributed by atoms with E-state index >= 15 is 0 Å². The van der Waals surface area contributed by atoms with Crippen molar-refractivity contribution in [3.63, 3.8) is 0 Å². The van der Waals surface area contributed by atoms with E-state index in [1.807, 2.05) is 0 Å². The lowest BCUT2D eigenvalue weighted by Crippen LogP contribution is -2.42. The molecular weight excluding hydrogens is 196 g/mol. The van der Waals surface area contributed by atoms with Gasteiger partial charge in [0.25, 0.3) is 6.43 Å². The van der Waals surface area contributed by atoms with Crippen molar-refractivity contribution in [2.75, 3.05) is 13.6 Å². The Bertz CT molecular complexity index is 155. The highest BCUT2D eigenvalue weighted by Gasteiger charge is 2.27. The molecule has 78 valence electrons. The molecule has 0 radical (unpaired) electrons. The molecule has 2 unspecified atom stereocenters. The summed E-state index contributed by atoms with van der Waals surface area (Å²) in [6, 6.07) is 0.143. The van der Waals surface area contributed by atoms with Crippen molar-refractivity contribution in [2.24, 2.45) is 0 Å². The van der Waals surface area contributed by atoms with E-state index in [1.54, 1.807) is 11.9 Å². The summed E-state index contributed by atoms with van der Waals surface area (Å²) in [5, 5.41) is 0.0532. The van der Waals surface area contributed by atoms with Crippen LogP contribution in [0.5, 0.6) is 0 Å². The zero-order chi connectivity index (χ0) is 9.84. The van der Waals surface area contributed by atoms with Gasteiger partial charge in [-0.1, -0.05) is 12.8 Å². The molecule has 1 aliphatic carbocycles. The minimum Gasteiger partial charge on any atom is -0.296 e. The van der Waals surface area contributed by atoms with Crippen LogP contribution in [-0.4, -0.2) is 36.3 Å². The van der Waals surface area contributed by atoms with Gasteiger partial charge in [-0.2, -0.15) is 0 Å². The van der Waals surface area contributed by atoms with Gasteiger partial charge < -0.3 is 0 Å². The monoisotopic (exact) mass is 211 g/mol. The number of alkyl halides is 3. The Morgan fingerprint density at radius 2 is 2.00 bits per heavy atom. The van der Waals surface area contributed by atoms with E-state index in [0.29, 0.717) is 0 Å². The quantitative estimate of drug-likeness (QED) is 0.649. The first-order chi connectivity index (χ1) is 6.11. The van der Waals surface area contributed by atoms with E-state index in [2.05, 4.69) is 0 Å². The smallest absolute Gasteiger partial charge is 0.251 e. The Hall–Kier alpha value is 0.110. The van der Waals surface area contributed by atoms with Gasteiger partial charge in [0, 0.05) is 11.4 Å². The summed E-state index contributed by atoms with van der Waals surface area (Å²) in [5.41, 5.74) is 0. The minimum atomic E-state index is -2.25. The zero-order valence-corrected chi connectivity index (χ0v) is 8.60. The molecule has 0 heterocycles. The molecule has 0 N–H and O–H groups in total. The normalized spacial score (nSPS) is 30.0. The molecule has 1 rings (SSSR count). The molecule has 0 saturated heterocycles. The van der Waals surface area contributed by atoms with Crippen LogP contribution in [0, 0.1) is 0 Å². The first kappa shape index (κ1) is 11.2. The highest BCUT2D eigenvalue weighted by atomic mass is 35.5. The number of hydrogen-bond donors (Lipinski definition) is 0. The SMILES string of the molecule is CN(CC(F)F)C1CCCCC1Cl. The standard InChI is InChI=1S/C9H16ClF2N/c1-13(6-9(11)12)8-5-3-2-4-7(8)10/h7-9H,2-6H2,1H3. The second-order valence-corrected chi connectivity index (χ2v) is 4.26. The lowest BCUT2D eigenvalue weighted by Gasteiger charge is -2.34. The average molecular weight is 212 g/mol. The molecule has 0 spiro atoms. The van der Waals surface area contributed by atoms with Crippen LogP contribution in [0.1, 0.15) is 25.7 Å². The second kappa shape index (κ2) is 5.11. The Morgan fingerprint density at radius 1 is 1.38 bits per heavy atom. The Labute approximate surface area is 83.0 Å². The van der Waals surface area contributed by atoms with Gasteiger partial charge in [0.1, 0.15) is 0 Å². The summed E-state index contributed by atoms with van der Waals surface area (Å²) in [5.74, 6) is 0. The number of rotatable bonds is 3. The van der Waals surface area contributed by atoms with Crippen LogP contribution < -0.4 is 0 Å². The molecule has 0 bridgehead atoms. The number of halogens is 3. The van der Waals surface area contributed by atoms with Crippen molar-refractivity contribution in [3.05, 3.63) is 0 Å². The highest BCUT2D eigenvalue weighted by molar-refractivity contribution is 6.21. The number of nitrogens with zero attached hydrogens (tertiary/aromatic N) is 1. The summed E-state index contributed by atoms with van der Waals surface area (Å²) < 4.78 is 24.2. The van der Waals surface area contributed by atoms with E-state index in [-0.39, 0.29) is 18.0 Å². The molecule has 1 saturated carbocycles. The van der Waals surface area contributed by atoms with E-state index in [9.17, 15) is 8.78 Å². The van der Waals surface area contributed by atoms with E-state index in [4.69, 9.17) is 11.6 Å². The molecule has 1 nitrogen and oxygen atoms in total. The summed E-state index contributed by atoms with van der Waals surface area (Å²) in [4.78, 5) is 1.70.